The summed E-state index contributed by atoms with van der Waals surface area (Å²) in [7, 11) is -12.0. The van der Waals surface area contributed by atoms with Gasteiger partial charge in [-0.15, -0.1) is 0 Å². The standard InChI is InChI=1S/C6H15NO4S2.C6H15NO2S.C5H13NO2S.3C2H6/c1-6(2,3)7(12(4,8)9)13(5,10)11;1-6(2,3)7(4)10(5,8)9;1-5(2,3)6-9(4,7)8;3*1-2/h1-5H3;1-5H3;6H,1-4H3;3*1-2H3. The van der Waals surface area contributed by atoms with Crippen molar-refractivity contribution in [3.8, 4) is 0 Å². The molecule has 0 aliphatic heterocycles. The van der Waals surface area contributed by atoms with Crippen LogP contribution >= 0.6 is 0 Å². The third-order valence-electron chi connectivity index (χ3n) is 3.08. The molecule has 0 aromatic rings. The predicted molar refractivity (Wildman–Crippen MR) is 165 cm³/mol. The van der Waals surface area contributed by atoms with E-state index in [9.17, 15) is 33.7 Å². The molecule has 0 rings (SSSR count). The highest BCUT2D eigenvalue weighted by atomic mass is 32.3. The van der Waals surface area contributed by atoms with E-state index in [1.165, 1.54) is 31.3 Å². The lowest BCUT2D eigenvalue weighted by Crippen LogP contribution is -2.48. The van der Waals surface area contributed by atoms with Gasteiger partial charge in [-0.25, -0.2) is 38.4 Å². The number of hydrogen-bond acceptors (Lipinski definition) is 8. The molecule has 0 atom stereocenters. The van der Waals surface area contributed by atoms with Gasteiger partial charge in [0.25, 0.3) is 0 Å². The zero-order valence-corrected chi connectivity index (χ0v) is 31.1. The van der Waals surface area contributed by atoms with Crippen molar-refractivity contribution >= 4 is 40.1 Å². The van der Waals surface area contributed by atoms with E-state index in [4.69, 9.17) is 0 Å². The third kappa shape index (κ3) is 33.7. The highest BCUT2D eigenvalue weighted by Gasteiger charge is 2.37. The summed E-state index contributed by atoms with van der Waals surface area (Å²) in [5.74, 6) is 0. The first-order valence-corrected chi connectivity index (χ1v) is 19.8. The van der Waals surface area contributed by atoms with Crippen LogP contribution in [0.2, 0.25) is 0 Å². The highest BCUT2D eigenvalue weighted by Crippen LogP contribution is 2.20. The van der Waals surface area contributed by atoms with Gasteiger partial charge in [0, 0.05) is 23.7 Å². The average molecular weight is 636 g/mol. The molecule has 0 radical (unpaired) electrons. The number of nitrogens with one attached hydrogen (secondary N) is 1. The molecule has 0 heterocycles. The lowest BCUT2D eigenvalue weighted by molar-refractivity contribution is 0.294. The Morgan fingerprint density at radius 2 is 0.711 bits per heavy atom. The molecule has 1 N–H and O–H groups in total. The van der Waals surface area contributed by atoms with E-state index in [0.29, 0.717) is 3.71 Å². The molecule has 0 spiro atoms. The minimum Gasteiger partial charge on any atom is -0.213 e. The van der Waals surface area contributed by atoms with Crippen LogP contribution in [0.25, 0.3) is 0 Å². The molecule has 0 aromatic heterocycles. The largest absolute Gasteiger partial charge is 0.224 e. The van der Waals surface area contributed by atoms with Gasteiger partial charge < -0.3 is 0 Å². The summed E-state index contributed by atoms with van der Waals surface area (Å²) in [5.41, 5.74) is -1.62. The SMILES string of the molecule is CC.CC.CC.CC(C)(C)N(S(C)(=O)=O)S(C)(=O)=O.CC(C)(C)NS(C)(=O)=O.CN(C(C)(C)C)S(C)(=O)=O. The second kappa shape index (κ2) is 19.7. The van der Waals surface area contributed by atoms with Crippen molar-refractivity contribution < 1.29 is 33.7 Å². The Kier molecular flexibility index (Phi) is 26.2. The Morgan fingerprint density at radius 3 is 0.711 bits per heavy atom. The van der Waals surface area contributed by atoms with Crippen molar-refractivity contribution in [2.75, 3.05) is 32.1 Å². The predicted octanol–water partition coefficient (Wildman–Crippen LogP) is 4.10. The number of hydrogen-bond donors (Lipinski definition) is 1. The fourth-order valence-corrected chi connectivity index (χ4v) is 8.36. The first kappa shape index (κ1) is 50.5. The van der Waals surface area contributed by atoms with E-state index in [2.05, 4.69) is 4.72 Å². The van der Waals surface area contributed by atoms with Gasteiger partial charge in [-0.05, 0) is 62.3 Å². The van der Waals surface area contributed by atoms with E-state index >= 15 is 0 Å². The highest BCUT2D eigenvalue weighted by molar-refractivity contribution is 8.03. The van der Waals surface area contributed by atoms with Crippen molar-refractivity contribution in [3.05, 3.63) is 0 Å². The third-order valence-corrected chi connectivity index (χ3v) is 9.53. The Labute approximate surface area is 238 Å². The second-order valence-corrected chi connectivity index (χ2v) is 18.1. The van der Waals surface area contributed by atoms with Crippen molar-refractivity contribution in [1.29, 1.82) is 0 Å². The van der Waals surface area contributed by atoms with E-state index < -0.39 is 45.6 Å². The molecule has 0 fully saturated rings. The average Bonchev–Trinajstić information content (AvgIpc) is 2.58. The van der Waals surface area contributed by atoms with Crippen molar-refractivity contribution in [2.24, 2.45) is 0 Å². The second-order valence-electron chi connectivity index (χ2n) is 10.4. The molecular weight excluding hydrogens is 575 g/mol. The van der Waals surface area contributed by atoms with Gasteiger partial charge in [0.05, 0.1) is 25.0 Å². The fraction of sp³-hybridized carbons (Fsp3) is 1.00. The van der Waals surface area contributed by atoms with Crippen LogP contribution in [0.4, 0.5) is 0 Å². The molecule has 0 aromatic carbocycles. The molecule has 0 amide bonds. The number of rotatable bonds is 4. The molecule has 15 heteroatoms. The first-order chi connectivity index (χ1) is 16.2. The summed E-state index contributed by atoms with van der Waals surface area (Å²) in [6.07, 6.45) is 4.11. The fourth-order valence-electron chi connectivity index (χ4n) is 2.29. The van der Waals surface area contributed by atoms with E-state index in [1.807, 2.05) is 62.3 Å². The molecule has 0 saturated carbocycles. The smallest absolute Gasteiger partial charge is 0.213 e. The van der Waals surface area contributed by atoms with Crippen LogP contribution in [0.5, 0.6) is 0 Å². The topological polar surface area (TPSA) is 155 Å². The molecule has 0 aliphatic rings. The van der Waals surface area contributed by atoms with Crippen LogP contribution < -0.4 is 4.72 Å². The van der Waals surface area contributed by atoms with Gasteiger partial charge >= 0.3 is 0 Å². The molecule has 0 bridgehead atoms. The Bertz CT molecular complexity index is 984. The molecule has 11 nitrogen and oxygen atoms in total. The molecule has 0 unspecified atom stereocenters. The van der Waals surface area contributed by atoms with Crippen LogP contribution in [0.15, 0.2) is 0 Å². The van der Waals surface area contributed by atoms with Crippen LogP contribution in [0, 0.1) is 0 Å². The number of sulfonamides is 4. The molecular formula is C23H61N3O8S4. The molecule has 0 aliphatic carbocycles. The number of nitrogens with zero attached hydrogens (tertiary/aromatic N) is 2. The summed E-state index contributed by atoms with van der Waals surface area (Å²) in [4.78, 5) is 0. The minimum absolute atomic E-state index is 0.312. The monoisotopic (exact) mass is 635 g/mol. The minimum atomic E-state index is -3.73. The molecule has 0 saturated heterocycles. The van der Waals surface area contributed by atoms with Crippen LogP contribution in [0.3, 0.4) is 0 Å². The maximum atomic E-state index is 11.2. The maximum absolute atomic E-state index is 11.2. The summed E-state index contributed by atoms with van der Waals surface area (Å²) < 4.78 is 91.9. The zero-order valence-electron chi connectivity index (χ0n) is 27.8. The first-order valence-electron chi connectivity index (χ1n) is 12.4. The van der Waals surface area contributed by atoms with Crippen molar-refractivity contribution in [3.63, 3.8) is 0 Å². The lowest BCUT2D eigenvalue weighted by Gasteiger charge is -2.30. The summed E-state index contributed by atoms with van der Waals surface area (Å²) >= 11 is 0. The van der Waals surface area contributed by atoms with E-state index in [1.54, 1.807) is 27.8 Å². The van der Waals surface area contributed by atoms with Gasteiger partial charge in [0.1, 0.15) is 0 Å². The van der Waals surface area contributed by atoms with Crippen LogP contribution in [-0.4, -0.2) is 90.4 Å². The van der Waals surface area contributed by atoms with E-state index in [0.717, 1.165) is 18.8 Å². The van der Waals surface area contributed by atoms with Gasteiger partial charge in [-0.2, -0.15) is 4.31 Å². The van der Waals surface area contributed by atoms with Gasteiger partial charge in [-0.1, -0.05) is 45.3 Å². The lowest BCUT2D eigenvalue weighted by atomic mass is 10.1. The van der Waals surface area contributed by atoms with Crippen LogP contribution in [0.1, 0.15) is 104 Å². The summed E-state index contributed by atoms with van der Waals surface area (Å²) in [5, 5.41) is 0. The van der Waals surface area contributed by atoms with Gasteiger partial charge in [0.2, 0.25) is 40.1 Å². The Balaban J connectivity index is -0.0000000928. The Hall–Kier alpha value is -0.320. The van der Waals surface area contributed by atoms with Gasteiger partial charge in [0.15, 0.2) is 0 Å². The van der Waals surface area contributed by atoms with Crippen LogP contribution in [-0.2, 0) is 40.1 Å². The van der Waals surface area contributed by atoms with E-state index in [-0.39, 0.29) is 11.1 Å². The molecule has 240 valence electrons. The maximum Gasteiger partial charge on any atom is 0.224 e. The zero-order chi connectivity index (χ0) is 33.4. The Morgan fingerprint density at radius 1 is 0.474 bits per heavy atom. The summed E-state index contributed by atoms with van der Waals surface area (Å²) in [6, 6.07) is 0. The van der Waals surface area contributed by atoms with Crippen molar-refractivity contribution in [2.45, 2.75) is 120 Å². The quantitative estimate of drug-likeness (QED) is 0.484. The summed E-state index contributed by atoms with van der Waals surface area (Å²) in [6.45, 7) is 27.5. The normalized spacial score (nSPS) is 12.6. The molecule has 38 heavy (non-hydrogen) atoms. The van der Waals surface area contributed by atoms with Crippen molar-refractivity contribution in [1.82, 2.24) is 12.7 Å². The van der Waals surface area contributed by atoms with Gasteiger partial charge in [-0.3, -0.25) is 0 Å².